The molecular weight excluding hydrogens is 418 g/mol. The Morgan fingerprint density at radius 3 is 2.42 bits per heavy atom. The first-order valence-corrected chi connectivity index (χ1v) is 11.7. The summed E-state index contributed by atoms with van der Waals surface area (Å²) in [5.74, 6) is 0.00712. The van der Waals surface area contributed by atoms with Crippen molar-refractivity contribution in [2.24, 2.45) is 0 Å². The average molecular weight is 446 g/mol. The molecule has 0 unspecified atom stereocenters. The van der Waals surface area contributed by atoms with Crippen LogP contribution in [0.1, 0.15) is 36.0 Å². The molecule has 8 nitrogen and oxygen atoms in total. The van der Waals surface area contributed by atoms with Crippen LogP contribution in [-0.4, -0.2) is 51.3 Å². The number of amides is 2. The number of hydrogen-bond donors (Lipinski definition) is 2. The van der Waals surface area contributed by atoms with Gasteiger partial charge in [0.2, 0.25) is 15.9 Å². The van der Waals surface area contributed by atoms with E-state index < -0.39 is 10.0 Å². The molecule has 166 valence electrons. The van der Waals surface area contributed by atoms with Crippen LogP contribution in [0.4, 0.5) is 5.69 Å². The molecule has 1 heterocycles. The predicted octanol–water partition coefficient (Wildman–Crippen LogP) is 2.63. The average Bonchev–Trinajstić information content (AvgIpc) is 2.80. The molecule has 2 N–H and O–H groups in total. The zero-order valence-electron chi connectivity index (χ0n) is 17.5. The van der Waals surface area contributed by atoms with Crippen molar-refractivity contribution >= 4 is 27.5 Å². The van der Waals surface area contributed by atoms with Crippen molar-refractivity contribution in [2.75, 3.05) is 32.1 Å². The molecule has 1 aliphatic rings. The van der Waals surface area contributed by atoms with Crippen LogP contribution in [0.2, 0.25) is 0 Å². The van der Waals surface area contributed by atoms with Gasteiger partial charge < -0.3 is 15.4 Å². The Balaban J connectivity index is 1.48. The summed E-state index contributed by atoms with van der Waals surface area (Å²) >= 11 is 0. The smallest absolute Gasteiger partial charge is 0.251 e. The highest BCUT2D eigenvalue weighted by atomic mass is 32.2. The number of nitrogens with zero attached hydrogens (tertiary/aromatic N) is 1. The third-order valence-electron chi connectivity index (χ3n) is 5.06. The van der Waals surface area contributed by atoms with Gasteiger partial charge in [0, 0.05) is 37.3 Å². The van der Waals surface area contributed by atoms with Crippen molar-refractivity contribution in [3.05, 3.63) is 54.1 Å². The minimum Gasteiger partial charge on any atom is -0.497 e. The van der Waals surface area contributed by atoms with E-state index in [2.05, 4.69) is 10.6 Å². The highest BCUT2D eigenvalue weighted by Crippen LogP contribution is 2.22. The fourth-order valence-electron chi connectivity index (χ4n) is 3.34. The summed E-state index contributed by atoms with van der Waals surface area (Å²) < 4.78 is 31.9. The number of anilines is 1. The Hall–Kier alpha value is -2.91. The molecule has 0 spiro atoms. The van der Waals surface area contributed by atoms with Gasteiger partial charge in [-0.1, -0.05) is 12.5 Å². The Morgan fingerprint density at radius 2 is 1.74 bits per heavy atom. The van der Waals surface area contributed by atoms with E-state index in [1.54, 1.807) is 36.4 Å². The minimum absolute atomic E-state index is 0.0868. The molecule has 0 saturated carbocycles. The molecule has 9 heteroatoms. The number of hydrogen-bond acceptors (Lipinski definition) is 5. The number of carbonyl (C=O) groups excluding carboxylic acids is 2. The highest BCUT2D eigenvalue weighted by molar-refractivity contribution is 7.89. The summed E-state index contributed by atoms with van der Waals surface area (Å²) in [5, 5.41) is 5.41. The van der Waals surface area contributed by atoms with E-state index in [9.17, 15) is 18.0 Å². The summed E-state index contributed by atoms with van der Waals surface area (Å²) in [6, 6.07) is 12.9. The molecule has 3 rings (SSSR count). The number of benzene rings is 2. The first-order chi connectivity index (χ1) is 14.9. The van der Waals surface area contributed by atoms with Crippen LogP contribution in [0.3, 0.4) is 0 Å². The molecule has 2 aromatic rings. The van der Waals surface area contributed by atoms with Gasteiger partial charge in [0.25, 0.3) is 5.91 Å². The van der Waals surface area contributed by atoms with Crippen molar-refractivity contribution in [3.8, 4) is 5.75 Å². The molecule has 0 aliphatic carbocycles. The van der Waals surface area contributed by atoms with Crippen LogP contribution in [-0.2, 0) is 14.8 Å². The molecule has 31 heavy (non-hydrogen) atoms. The van der Waals surface area contributed by atoms with Gasteiger partial charge in [0.15, 0.2) is 0 Å². The van der Waals surface area contributed by atoms with E-state index in [-0.39, 0.29) is 29.7 Å². The largest absolute Gasteiger partial charge is 0.497 e. The van der Waals surface area contributed by atoms with Crippen LogP contribution in [0.15, 0.2) is 53.4 Å². The lowest BCUT2D eigenvalue weighted by molar-refractivity contribution is -0.116. The summed E-state index contributed by atoms with van der Waals surface area (Å²) in [4.78, 5) is 24.5. The molecule has 0 atom stereocenters. The second-order valence-electron chi connectivity index (χ2n) is 7.28. The van der Waals surface area contributed by atoms with Crippen LogP contribution >= 0.6 is 0 Å². The lowest BCUT2D eigenvalue weighted by atomic mass is 10.2. The lowest BCUT2D eigenvalue weighted by Crippen LogP contribution is -2.35. The fourth-order valence-corrected chi connectivity index (χ4v) is 4.86. The number of methoxy groups -OCH3 is 1. The normalized spacial score (nSPS) is 14.6. The lowest BCUT2D eigenvalue weighted by Gasteiger charge is -2.25. The Kier molecular flexibility index (Phi) is 7.64. The second kappa shape index (κ2) is 10.4. The second-order valence-corrected chi connectivity index (χ2v) is 9.21. The summed E-state index contributed by atoms with van der Waals surface area (Å²) in [5.41, 5.74) is 0.951. The van der Waals surface area contributed by atoms with Crippen LogP contribution in [0, 0.1) is 0 Å². The van der Waals surface area contributed by atoms with Gasteiger partial charge in [0.1, 0.15) is 5.75 Å². The van der Waals surface area contributed by atoms with Gasteiger partial charge in [-0.15, -0.1) is 0 Å². The Morgan fingerprint density at radius 1 is 1.03 bits per heavy atom. The van der Waals surface area contributed by atoms with Gasteiger partial charge in [-0.05, 0) is 55.3 Å². The molecular formula is C22H27N3O5S. The topological polar surface area (TPSA) is 105 Å². The number of ether oxygens (including phenoxy) is 1. The van der Waals surface area contributed by atoms with E-state index in [1.807, 2.05) is 0 Å². The quantitative estimate of drug-likeness (QED) is 0.650. The van der Waals surface area contributed by atoms with E-state index in [1.165, 1.54) is 23.5 Å². The summed E-state index contributed by atoms with van der Waals surface area (Å²) in [6.07, 6.45) is 2.89. The number of nitrogens with one attached hydrogen (secondary N) is 2. The fraction of sp³-hybridized carbons (Fsp3) is 0.364. The standard InChI is InChI=1S/C22H27N3O5S/c1-30-19-7-5-6-17(16-19)22(27)23-13-12-21(26)24-18-8-10-20(11-9-18)31(28,29)25-14-3-2-4-15-25/h5-11,16H,2-4,12-15H2,1H3,(H,23,27)(H,24,26). The van der Waals surface area contributed by atoms with Crippen molar-refractivity contribution < 1.29 is 22.7 Å². The van der Waals surface area contributed by atoms with Gasteiger partial charge >= 0.3 is 0 Å². The van der Waals surface area contributed by atoms with Gasteiger partial charge in [-0.25, -0.2) is 8.42 Å². The summed E-state index contributed by atoms with van der Waals surface area (Å²) in [6.45, 7) is 1.26. The number of rotatable bonds is 8. The number of sulfonamides is 1. The number of carbonyl (C=O) groups is 2. The predicted molar refractivity (Wildman–Crippen MR) is 118 cm³/mol. The third kappa shape index (κ3) is 6.05. The van der Waals surface area contributed by atoms with Crippen molar-refractivity contribution in [1.82, 2.24) is 9.62 Å². The molecule has 0 aromatic heterocycles. The maximum atomic E-state index is 12.7. The van der Waals surface area contributed by atoms with Gasteiger partial charge in [0.05, 0.1) is 12.0 Å². The molecule has 1 aliphatic heterocycles. The number of piperidine rings is 1. The minimum atomic E-state index is -3.50. The SMILES string of the molecule is COc1cccc(C(=O)NCCC(=O)Nc2ccc(S(=O)(=O)N3CCCCC3)cc2)c1. The maximum Gasteiger partial charge on any atom is 0.251 e. The van der Waals surface area contributed by atoms with Gasteiger partial charge in [-0.2, -0.15) is 4.31 Å². The van der Waals surface area contributed by atoms with Crippen LogP contribution in [0.5, 0.6) is 5.75 Å². The Bertz CT molecular complexity index is 1020. The van der Waals surface area contributed by atoms with Crippen molar-refractivity contribution in [1.29, 1.82) is 0 Å². The van der Waals surface area contributed by atoms with Crippen molar-refractivity contribution in [2.45, 2.75) is 30.6 Å². The third-order valence-corrected chi connectivity index (χ3v) is 6.97. The molecule has 0 bridgehead atoms. The highest BCUT2D eigenvalue weighted by Gasteiger charge is 2.25. The molecule has 1 saturated heterocycles. The first-order valence-electron chi connectivity index (χ1n) is 10.2. The van der Waals surface area contributed by atoms with E-state index >= 15 is 0 Å². The zero-order valence-corrected chi connectivity index (χ0v) is 18.3. The summed E-state index contributed by atoms with van der Waals surface area (Å²) in [7, 11) is -1.97. The maximum absolute atomic E-state index is 12.7. The van der Waals surface area contributed by atoms with E-state index in [0.717, 1.165) is 19.3 Å². The van der Waals surface area contributed by atoms with Crippen molar-refractivity contribution in [3.63, 3.8) is 0 Å². The van der Waals surface area contributed by atoms with E-state index in [4.69, 9.17) is 4.74 Å². The van der Waals surface area contributed by atoms with E-state index in [0.29, 0.717) is 30.1 Å². The zero-order chi connectivity index (χ0) is 22.3. The van der Waals surface area contributed by atoms with Crippen LogP contribution in [0.25, 0.3) is 0 Å². The molecule has 2 amide bonds. The monoisotopic (exact) mass is 445 g/mol. The van der Waals surface area contributed by atoms with Crippen LogP contribution < -0.4 is 15.4 Å². The first kappa shape index (κ1) is 22.8. The Labute approximate surface area is 182 Å². The van der Waals surface area contributed by atoms with Gasteiger partial charge in [-0.3, -0.25) is 9.59 Å². The molecule has 0 radical (unpaired) electrons. The molecule has 1 fully saturated rings. The molecule has 2 aromatic carbocycles.